The van der Waals surface area contributed by atoms with E-state index in [4.69, 9.17) is 0 Å². The van der Waals surface area contributed by atoms with Crippen LogP contribution in [0.25, 0.3) is 0 Å². The third-order valence-corrected chi connectivity index (χ3v) is 4.95. The van der Waals surface area contributed by atoms with E-state index in [9.17, 15) is 9.18 Å². The molecule has 0 spiro atoms. The molecule has 3 nitrogen and oxygen atoms in total. The fourth-order valence-electron chi connectivity index (χ4n) is 3.15. The van der Waals surface area contributed by atoms with Crippen LogP contribution in [0.3, 0.4) is 0 Å². The second kappa shape index (κ2) is 7.45. The van der Waals surface area contributed by atoms with Gasteiger partial charge in [0.05, 0.1) is 31.7 Å². The van der Waals surface area contributed by atoms with E-state index < -0.39 is 5.82 Å². The lowest BCUT2D eigenvalue weighted by molar-refractivity contribution is -0.917. The van der Waals surface area contributed by atoms with Gasteiger partial charge in [-0.2, -0.15) is 0 Å². The minimum absolute atomic E-state index is 0.145. The first-order valence-corrected chi connectivity index (χ1v) is 8.95. The lowest BCUT2D eigenvalue weighted by Crippen LogP contribution is -3.13. The van der Waals surface area contributed by atoms with Gasteiger partial charge in [-0.25, -0.2) is 4.39 Å². The van der Waals surface area contributed by atoms with Crippen molar-refractivity contribution in [3.05, 3.63) is 69.4 Å². The number of hydrogen-bond donors (Lipinski definition) is 1. The fourth-order valence-corrected chi connectivity index (χ4v) is 3.51. The average Bonchev–Trinajstić information content (AvgIpc) is 2.57. The average molecular weight is 392 g/mol. The molecular weight excluding hydrogens is 371 g/mol. The zero-order valence-electron chi connectivity index (χ0n) is 13.7. The van der Waals surface area contributed by atoms with E-state index in [2.05, 4.69) is 47.1 Å². The number of rotatable bonds is 3. The SMILES string of the molecule is Cc1cccc(C[NH+]2CCN(C(=O)c3cc(Br)ccc3F)CC2)c1. The third kappa shape index (κ3) is 4.02. The van der Waals surface area contributed by atoms with Gasteiger partial charge in [0.25, 0.3) is 5.91 Å². The van der Waals surface area contributed by atoms with E-state index in [0.29, 0.717) is 13.1 Å². The Morgan fingerprint density at radius 1 is 1.21 bits per heavy atom. The van der Waals surface area contributed by atoms with Gasteiger partial charge < -0.3 is 9.80 Å². The first-order chi connectivity index (χ1) is 11.5. The van der Waals surface area contributed by atoms with Crippen LogP contribution in [-0.4, -0.2) is 37.0 Å². The molecule has 0 aliphatic carbocycles. The number of carbonyl (C=O) groups excluding carboxylic acids is 1. The molecule has 126 valence electrons. The smallest absolute Gasteiger partial charge is 0.257 e. The van der Waals surface area contributed by atoms with Crippen LogP contribution in [0.2, 0.25) is 0 Å². The van der Waals surface area contributed by atoms with Crippen LogP contribution < -0.4 is 4.90 Å². The summed E-state index contributed by atoms with van der Waals surface area (Å²) in [4.78, 5) is 15.8. The summed E-state index contributed by atoms with van der Waals surface area (Å²) in [7, 11) is 0. The molecule has 0 atom stereocenters. The summed E-state index contributed by atoms with van der Waals surface area (Å²) in [6.07, 6.45) is 0. The molecule has 1 aliphatic rings. The molecule has 2 aromatic rings. The molecule has 5 heteroatoms. The minimum Gasteiger partial charge on any atom is -0.328 e. The highest BCUT2D eigenvalue weighted by Gasteiger charge is 2.26. The Hall–Kier alpha value is -1.72. The van der Waals surface area contributed by atoms with Crippen molar-refractivity contribution < 1.29 is 14.1 Å². The Bertz CT molecular complexity index is 742. The van der Waals surface area contributed by atoms with Crippen molar-refractivity contribution >= 4 is 21.8 Å². The van der Waals surface area contributed by atoms with Crippen LogP contribution >= 0.6 is 15.9 Å². The molecule has 3 rings (SSSR count). The van der Waals surface area contributed by atoms with Crippen LogP contribution in [0.1, 0.15) is 21.5 Å². The van der Waals surface area contributed by atoms with Crippen molar-refractivity contribution in [2.45, 2.75) is 13.5 Å². The molecule has 0 saturated carbocycles. The predicted molar refractivity (Wildman–Crippen MR) is 95.6 cm³/mol. The zero-order valence-corrected chi connectivity index (χ0v) is 15.3. The van der Waals surface area contributed by atoms with Gasteiger partial charge in [-0.3, -0.25) is 4.79 Å². The lowest BCUT2D eigenvalue weighted by atomic mass is 10.1. The molecule has 1 aliphatic heterocycles. The second-order valence-corrected chi connectivity index (χ2v) is 7.25. The number of amides is 1. The molecule has 0 aromatic heterocycles. The number of nitrogens with zero attached hydrogens (tertiary/aromatic N) is 1. The number of piperazine rings is 1. The standard InChI is InChI=1S/C19H20BrFN2O/c1-14-3-2-4-15(11-14)13-22-7-9-23(10-8-22)19(24)17-12-16(20)5-6-18(17)21/h2-6,11-12H,7-10,13H2,1H3/p+1. The largest absolute Gasteiger partial charge is 0.328 e. The Labute approximate surface area is 150 Å². The van der Waals surface area contributed by atoms with Crippen LogP contribution in [0.5, 0.6) is 0 Å². The van der Waals surface area contributed by atoms with Crippen LogP contribution in [0.4, 0.5) is 4.39 Å². The van der Waals surface area contributed by atoms with Gasteiger partial charge in [0.2, 0.25) is 0 Å². The van der Waals surface area contributed by atoms with Crippen molar-refractivity contribution in [3.8, 4) is 0 Å². The van der Waals surface area contributed by atoms with E-state index >= 15 is 0 Å². The summed E-state index contributed by atoms with van der Waals surface area (Å²) in [5, 5.41) is 0. The lowest BCUT2D eigenvalue weighted by Gasteiger charge is -2.32. The summed E-state index contributed by atoms with van der Waals surface area (Å²) in [5.74, 6) is -0.679. The highest BCUT2D eigenvalue weighted by molar-refractivity contribution is 9.10. The van der Waals surface area contributed by atoms with E-state index in [1.165, 1.54) is 22.1 Å². The van der Waals surface area contributed by atoms with Crippen LogP contribution in [0.15, 0.2) is 46.9 Å². The predicted octanol–water partition coefficient (Wildman–Crippen LogP) is 2.44. The number of benzene rings is 2. The van der Waals surface area contributed by atoms with Crippen LogP contribution in [-0.2, 0) is 6.54 Å². The topological polar surface area (TPSA) is 24.8 Å². The number of hydrogen-bond acceptors (Lipinski definition) is 1. The number of halogens is 2. The summed E-state index contributed by atoms with van der Waals surface area (Å²) < 4.78 is 14.6. The third-order valence-electron chi connectivity index (χ3n) is 4.45. The second-order valence-electron chi connectivity index (χ2n) is 6.33. The van der Waals surface area contributed by atoms with Gasteiger partial charge in [-0.1, -0.05) is 45.8 Å². The molecule has 1 fully saturated rings. The van der Waals surface area contributed by atoms with Crippen molar-refractivity contribution in [2.24, 2.45) is 0 Å². The molecule has 0 unspecified atom stereocenters. The summed E-state index contributed by atoms with van der Waals surface area (Å²) in [5.41, 5.74) is 2.74. The molecule has 1 amide bonds. The van der Waals surface area contributed by atoms with E-state index in [0.717, 1.165) is 24.1 Å². The van der Waals surface area contributed by atoms with Gasteiger partial charge in [0, 0.05) is 10.0 Å². The van der Waals surface area contributed by atoms with Gasteiger partial charge in [0.15, 0.2) is 0 Å². The van der Waals surface area contributed by atoms with Crippen molar-refractivity contribution in [3.63, 3.8) is 0 Å². The molecule has 1 heterocycles. The Morgan fingerprint density at radius 3 is 2.67 bits per heavy atom. The normalized spacial score (nSPS) is 15.5. The summed E-state index contributed by atoms with van der Waals surface area (Å²) in [6, 6.07) is 13.0. The highest BCUT2D eigenvalue weighted by atomic mass is 79.9. The van der Waals surface area contributed by atoms with Crippen molar-refractivity contribution in [1.29, 1.82) is 0 Å². The van der Waals surface area contributed by atoms with Gasteiger partial charge in [-0.05, 0) is 25.1 Å². The quantitative estimate of drug-likeness (QED) is 0.853. The maximum absolute atomic E-state index is 13.9. The first kappa shape index (κ1) is 17.1. The molecule has 0 bridgehead atoms. The summed E-state index contributed by atoms with van der Waals surface area (Å²) in [6.45, 7) is 6.15. The molecule has 1 N–H and O–H groups in total. The molecule has 24 heavy (non-hydrogen) atoms. The van der Waals surface area contributed by atoms with Crippen LogP contribution in [0, 0.1) is 12.7 Å². The van der Waals surface area contributed by atoms with Gasteiger partial charge >= 0.3 is 0 Å². The summed E-state index contributed by atoms with van der Waals surface area (Å²) >= 11 is 3.30. The number of nitrogens with one attached hydrogen (secondary N) is 1. The highest BCUT2D eigenvalue weighted by Crippen LogP contribution is 2.17. The Kier molecular flexibility index (Phi) is 5.31. The number of carbonyl (C=O) groups is 1. The van der Waals surface area contributed by atoms with E-state index in [1.54, 1.807) is 17.0 Å². The van der Waals surface area contributed by atoms with E-state index in [-0.39, 0.29) is 11.5 Å². The van der Waals surface area contributed by atoms with Gasteiger partial charge in [-0.15, -0.1) is 0 Å². The molecule has 2 aromatic carbocycles. The fraction of sp³-hybridized carbons (Fsp3) is 0.316. The van der Waals surface area contributed by atoms with Crippen molar-refractivity contribution in [1.82, 2.24) is 4.90 Å². The molecule has 0 radical (unpaired) electrons. The zero-order chi connectivity index (χ0) is 17.1. The monoisotopic (exact) mass is 391 g/mol. The number of aryl methyl sites for hydroxylation is 1. The Balaban J connectivity index is 1.60. The Morgan fingerprint density at radius 2 is 1.96 bits per heavy atom. The van der Waals surface area contributed by atoms with E-state index in [1.807, 2.05) is 0 Å². The molecule has 1 saturated heterocycles. The minimum atomic E-state index is -0.460. The molecular formula is C19H21BrFN2O+. The number of quaternary nitrogens is 1. The van der Waals surface area contributed by atoms with Gasteiger partial charge in [0.1, 0.15) is 12.4 Å². The maximum Gasteiger partial charge on any atom is 0.257 e. The first-order valence-electron chi connectivity index (χ1n) is 8.16. The maximum atomic E-state index is 13.9. The van der Waals surface area contributed by atoms with Crippen molar-refractivity contribution in [2.75, 3.05) is 26.2 Å².